The fraction of sp³-hybridized carbons (Fsp3) is 0.455. The third-order valence-corrected chi connectivity index (χ3v) is 2.79. The molecule has 1 aromatic heterocycles. The lowest BCUT2D eigenvalue weighted by Gasteiger charge is -2.34. The highest BCUT2D eigenvalue weighted by Gasteiger charge is 2.28. The van der Waals surface area contributed by atoms with Crippen molar-refractivity contribution < 1.29 is 14.6 Å². The molecule has 0 unspecified atom stereocenters. The van der Waals surface area contributed by atoms with Crippen LogP contribution in [0, 0.1) is 0 Å². The highest BCUT2D eigenvalue weighted by molar-refractivity contribution is 5.87. The summed E-state index contributed by atoms with van der Waals surface area (Å²) in [5.41, 5.74) is 0.203. The van der Waals surface area contributed by atoms with Crippen LogP contribution >= 0.6 is 0 Å². The molecule has 86 valence electrons. The molecule has 5 nitrogen and oxygen atoms in total. The normalized spacial score (nSPS) is 23.6. The molecule has 0 amide bonds. The number of aromatic carboxylic acids is 1. The fourth-order valence-electron chi connectivity index (χ4n) is 1.69. The second kappa shape index (κ2) is 4.49. The van der Waals surface area contributed by atoms with E-state index < -0.39 is 5.97 Å². The minimum Gasteiger partial charge on any atom is -0.478 e. The van der Waals surface area contributed by atoms with Gasteiger partial charge in [0.15, 0.2) is 0 Å². The fourth-order valence-corrected chi connectivity index (χ4v) is 1.69. The molecular formula is C11H14N2O3. The Morgan fingerprint density at radius 2 is 2.31 bits per heavy atom. The van der Waals surface area contributed by atoms with Gasteiger partial charge in [-0.3, -0.25) is 0 Å². The summed E-state index contributed by atoms with van der Waals surface area (Å²) in [4.78, 5) is 14.6. The zero-order chi connectivity index (χ0) is 11.5. The van der Waals surface area contributed by atoms with Gasteiger partial charge in [-0.05, 0) is 25.0 Å². The van der Waals surface area contributed by atoms with Crippen LogP contribution in [-0.4, -0.2) is 35.3 Å². The summed E-state index contributed by atoms with van der Waals surface area (Å²) in [5.74, 6) is -0.244. The average molecular weight is 222 g/mol. The second-order valence-electron chi connectivity index (χ2n) is 3.91. The maximum Gasteiger partial charge on any atom is 0.337 e. The zero-order valence-corrected chi connectivity index (χ0v) is 9.01. The van der Waals surface area contributed by atoms with Crippen LogP contribution in [0.5, 0.6) is 0 Å². The van der Waals surface area contributed by atoms with Gasteiger partial charge in [-0.15, -0.1) is 0 Å². The molecule has 2 N–H and O–H groups in total. The van der Waals surface area contributed by atoms with Crippen molar-refractivity contribution in [1.29, 1.82) is 0 Å². The van der Waals surface area contributed by atoms with Gasteiger partial charge >= 0.3 is 5.97 Å². The van der Waals surface area contributed by atoms with Gasteiger partial charge in [0, 0.05) is 19.3 Å². The summed E-state index contributed by atoms with van der Waals surface area (Å²) in [7, 11) is 1.71. The Hall–Kier alpha value is -1.62. The second-order valence-corrected chi connectivity index (χ2v) is 3.91. The number of anilines is 1. The van der Waals surface area contributed by atoms with Crippen LogP contribution in [0.1, 0.15) is 23.2 Å². The number of hydrogen-bond acceptors (Lipinski definition) is 4. The number of ether oxygens (including phenoxy) is 1. The van der Waals surface area contributed by atoms with E-state index in [-0.39, 0.29) is 5.56 Å². The van der Waals surface area contributed by atoms with Crippen LogP contribution in [-0.2, 0) is 4.74 Å². The maximum absolute atomic E-state index is 10.6. The van der Waals surface area contributed by atoms with E-state index in [2.05, 4.69) is 10.3 Å². The van der Waals surface area contributed by atoms with E-state index in [0.717, 1.165) is 12.8 Å². The first kappa shape index (κ1) is 10.9. The number of methoxy groups -OCH3 is 1. The van der Waals surface area contributed by atoms with Crippen molar-refractivity contribution in [1.82, 2.24) is 4.98 Å². The smallest absolute Gasteiger partial charge is 0.337 e. The van der Waals surface area contributed by atoms with Crippen molar-refractivity contribution in [3.63, 3.8) is 0 Å². The number of pyridine rings is 1. The number of aromatic nitrogens is 1. The number of carboxylic acid groups (broad SMARTS) is 1. The van der Waals surface area contributed by atoms with Gasteiger partial charge in [0.1, 0.15) is 5.82 Å². The van der Waals surface area contributed by atoms with Crippen molar-refractivity contribution in [3.8, 4) is 0 Å². The van der Waals surface area contributed by atoms with Gasteiger partial charge < -0.3 is 15.2 Å². The molecule has 0 spiro atoms. The van der Waals surface area contributed by atoms with Gasteiger partial charge in [-0.25, -0.2) is 9.78 Å². The van der Waals surface area contributed by atoms with Crippen LogP contribution in [0.15, 0.2) is 18.3 Å². The Bertz CT molecular complexity index is 371. The van der Waals surface area contributed by atoms with E-state index in [1.165, 1.54) is 6.20 Å². The third-order valence-electron chi connectivity index (χ3n) is 2.79. The van der Waals surface area contributed by atoms with E-state index in [1.807, 2.05) is 0 Å². The predicted octanol–water partition coefficient (Wildman–Crippen LogP) is 1.37. The molecule has 0 aromatic carbocycles. The van der Waals surface area contributed by atoms with Gasteiger partial charge in [0.25, 0.3) is 0 Å². The summed E-state index contributed by atoms with van der Waals surface area (Å²) in [5, 5.41) is 11.9. The van der Waals surface area contributed by atoms with Crippen molar-refractivity contribution in [3.05, 3.63) is 23.9 Å². The Kier molecular flexibility index (Phi) is 3.05. The van der Waals surface area contributed by atoms with Crippen molar-refractivity contribution in [2.45, 2.75) is 25.0 Å². The van der Waals surface area contributed by atoms with Crippen LogP contribution in [0.2, 0.25) is 0 Å². The standard InChI is InChI=1S/C11H14N2O3/c1-16-9-4-8(5-9)13-10-3-2-7(6-12-10)11(14)15/h2-3,6,8-9H,4-5H2,1H3,(H,12,13)(H,14,15). The van der Waals surface area contributed by atoms with Crippen LogP contribution < -0.4 is 5.32 Å². The van der Waals surface area contributed by atoms with Gasteiger partial charge in [0.2, 0.25) is 0 Å². The van der Waals surface area contributed by atoms with Gasteiger partial charge in [-0.1, -0.05) is 0 Å². The molecule has 1 aromatic rings. The summed E-state index contributed by atoms with van der Waals surface area (Å²) < 4.78 is 5.17. The minimum atomic E-state index is -0.956. The van der Waals surface area contributed by atoms with E-state index in [1.54, 1.807) is 19.2 Å². The number of nitrogens with one attached hydrogen (secondary N) is 1. The van der Waals surface area contributed by atoms with E-state index in [0.29, 0.717) is 18.0 Å². The molecule has 1 fully saturated rings. The Morgan fingerprint density at radius 3 is 2.81 bits per heavy atom. The molecule has 1 heterocycles. The van der Waals surface area contributed by atoms with Crippen molar-refractivity contribution in [2.75, 3.05) is 12.4 Å². The maximum atomic E-state index is 10.6. The first-order chi connectivity index (χ1) is 7.69. The monoisotopic (exact) mass is 222 g/mol. The number of carbonyl (C=O) groups is 1. The first-order valence-electron chi connectivity index (χ1n) is 5.17. The summed E-state index contributed by atoms with van der Waals surface area (Å²) in [6.07, 6.45) is 3.64. The third kappa shape index (κ3) is 2.30. The molecule has 1 aliphatic rings. The Balaban J connectivity index is 1.89. The minimum absolute atomic E-state index is 0.203. The molecule has 16 heavy (non-hydrogen) atoms. The lowest BCUT2D eigenvalue weighted by molar-refractivity contribution is 0.0328. The SMILES string of the molecule is COC1CC(Nc2ccc(C(=O)O)cn2)C1. The highest BCUT2D eigenvalue weighted by atomic mass is 16.5. The summed E-state index contributed by atoms with van der Waals surface area (Å²) in [6.45, 7) is 0. The van der Waals surface area contributed by atoms with E-state index in [4.69, 9.17) is 9.84 Å². The lowest BCUT2D eigenvalue weighted by Crippen LogP contribution is -2.40. The van der Waals surface area contributed by atoms with Gasteiger partial charge in [0.05, 0.1) is 11.7 Å². The Morgan fingerprint density at radius 1 is 1.56 bits per heavy atom. The van der Waals surface area contributed by atoms with E-state index >= 15 is 0 Å². The van der Waals surface area contributed by atoms with Gasteiger partial charge in [-0.2, -0.15) is 0 Å². The predicted molar refractivity (Wildman–Crippen MR) is 58.6 cm³/mol. The quantitative estimate of drug-likeness (QED) is 0.805. The molecular weight excluding hydrogens is 208 g/mol. The van der Waals surface area contributed by atoms with Crippen LogP contribution in [0.25, 0.3) is 0 Å². The average Bonchev–Trinajstić information content (AvgIpc) is 2.23. The zero-order valence-electron chi connectivity index (χ0n) is 9.01. The molecule has 1 aliphatic carbocycles. The molecule has 5 heteroatoms. The van der Waals surface area contributed by atoms with Crippen molar-refractivity contribution in [2.24, 2.45) is 0 Å². The summed E-state index contributed by atoms with van der Waals surface area (Å²) >= 11 is 0. The molecule has 0 bridgehead atoms. The molecule has 0 atom stereocenters. The molecule has 0 aliphatic heterocycles. The lowest BCUT2D eigenvalue weighted by atomic mass is 9.89. The number of rotatable bonds is 4. The van der Waals surface area contributed by atoms with E-state index in [9.17, 15) is 4.79 Å². The summed E-state index contributed by atoms with van der Waals surface area (Å²) in [6, 6.07) is 3.61. The number of nitrogens with zero attached hydrogens (tertiary/aromatic N) is 1. The molecule has 0 saturated heterocycles. The molecule has 2 rings (SSSR count). The Labute approximate surface area is 93.5 Å². The topological polar surface area (TPSA) is 71.5 Å². The highest BCUT2D eigenvalue weighted by Crippen LogP contribution is 2.25. The van der Waals surface area contributed by atoms with Crippen molar-refractivity contribution >= 4 is 11.8 Å². The van der Waals surface area contributed by atoms with Crippen LogP contribution in [0.3, 0.4) is 0 Å². The number of carboxylic acids is 1. The van der Waals surface area contributed by atoms with Crippen LogP contribution in [0.4, 0.5) is 5.82 Å². The molecule has 0 radical (unpaired) electrons. The first-order valence-corrected chi connectivity index (χ1v) is 5.17. The largest absolute Gasteiger partial charge is 0.478 e. The molecule has 1 saturated carbocycles. The number of hydrogen-bond donors (Lipinski definition) is 2.